The number of allylic oxidation sites excluding steroid dienone is 8. The predicted octanol–water partition coefficient (Wildman–Crippen LogP) is 13.8. The van der Waals surface area contributed by atoms with Gasteiger partial charge in [0.05, 0.1) is 18.8 Å². The molecule has 2 rings (SSSR count). The lowest BCUT2D eigenvalue weighted by Crippen LogP contribution is -2.32. The lowest BCUT2D eigenvalue weighted by Gasteiger charge is -2.30. The molecule has 0 N–H and O–H groups in total. The van der Waals surface area contributed by atoms with E-state index in [-0.39, 0.29) is 12.2 Å². The molecule has 1 aliphatic heterocycles. The van der Waals surface area contributed by atoms with Crippen molar-refractivity contribution in [3.63, 3.8) is 0 Å². The van der Waals surface area contributed by atoms with Gasteiger partial charge in [0.15, 0.2) is 5.79 Å². The largest absolute Gasteiger partial charge is 0.344 e. The van der Waals surface area contributed by atoms with E-state index in [1.807, 2.05) is 19.0 Å². The maximum atomic E-state index is 12.5. The Labute approximate surface area is 317 Å². The highest BCUT2D eigenvalue weighted by Crippen LogP contribution is 2.46. The molecule has 1 saturated heterocycles. The molecule has 0 bridgehead atoms. The molecule has 2 atom stereocenters. The summed E-state index contributed by atoms with van der Waals surface area (Å²) in [7, 11) is 3.95. The Morgan fingerprint density at radius 1 is 0.549 bits per heavy atom. The standard InChI is InChI=1S/C47H83NO3/c1-5-7-9-11-13-15-17-19-21-23-25-27-29-31-33-35-37-47(50-45-40-43(41-46(45)51-47)39-44(49)42-48(3)4)38-36-34-32-30-28-26-24-22-20-18-16-14-12-10-8-6-2/h13-16,19-22,43,45-46H,5-12,17-18,23-42H2,1-4H3/b15-13-,16-14-,21-19-,22-20-. The number of Topliss-reactive ketones (excluding diaryl/α,β-unsaturated/α-hetero) is 1. The molecule has 4 nitrogen and oxygen atoms in total. The molecule has 0 aromatic carbocycles. The molecule has 2 fully saturated rings. The Bertz CT molecular complexity index is 885. The number of unbranched alkanes of at least 4 members (excludes halogenated alkanes) is 18. The summed E-state index contributed by atoms with van der Waals surface area (Å²) in [5.74, 6) is 0.367. The van der Waals surface area contributed by atoms with Crippen molar-refractivity contribution in [2.45, 2.75) is 218 Å². The second-order valence-electron chi connectivity index (χ2n) is 16.2. The fraction of sp³-hybridized carbons (Fsp3) is 0.809. The summed E-state index contributed by atoms with van der Waals surface area (Å²) in [6.45, 7) is 5.07. The summed E-state index contributed by atoms with van der Waals surface area (Å²) in [6, 6.07) is 0. The fourth-order valence-electron chi connectivity index (χ4n) is 7.92. The predicted molar refractivity (Wildman–Crippen MR) is 221 cm³/mol. The molecule has 1 saturated carbocycles. The Balaban J connectivity index is 1.63. The van der Waals surface area contributed by atoms with Crippen LogP contribution in [0.25, 0.3) is 0 Å². The van der Waals surface area contributed by atoms with E-state index in [4.69, 9.17) is 9.47 Å². The van der Waals surface area contributed by atoms with Gasteiger partial charge < -0.3 is 14.4 Å². The van der Waals surface area contributed by atoms with Gasteiger partial charge in [-0.15, -0.1) is 0 Å². The quantitative estimate of drug-likeness (QED) is 0.0492. The third-order valence-electron chi connectivity index (χ3n) is 10.8. The van der Waals surface area contributed by atoms with Crippen molar-refractivity contribution >= 4 is 5.78 Å². The van der Waals surface area contributed by atoms with E-state index in [2.05, 4.69) is 62.5 Å². The maximum Gasteiger partial charge on any atom is 0.169 e. The van der Waals surface area contributed by atoms with E-state index >= 15 is 0 Å². The molecular formula is C47H83NO3. The molecule has 2 aliphatic rings. The molecule has 0 aromatic rings. The van der Waals surface area contributed by atoms with E-state index in [0.717, 1.165) is 38.5 Å². The number of hydrogen-bond donors (Lipinski definition) is 0. The van der Waals surface area contributed by atoms with Crippen LogP contribution < -0.4 is 0 Å². The van der Waals surface area contributed by atoms with Gasteiger partial charge >= 0.3 is 0 Å². The van der Waals surface area contributed by atoms with Crippen LogP contribution in [0.5, 0.6) is 0 Å². The van der Waals surface area contributed by atoms with Crippen LogP contribution in [0.3, 0.4) is 0 Å². The first-order chi connectivity index (χ1) is 25.0. The highest BCUT2D eigenvalue weighted by molar-refractivity contribution is 5.80. The minimum atomic E-state index is -0.390. The molecule has 0 aromatic heterocycles. The van der Waals surface area contributed by atoms with Gasteiger partial charge in [-0.25, -0.2) is 0 Å². The molecule has 4 heteroatoms. The first kappa shape index (κ1) is 45.7. The lowest BCUT2D eigenvalue weighted by atomic mass is 9.97. The topological polar surface area (TPSA) is 38.8 Å². The summed E-state index contributed by atoms with van der Waals surface area (Å²) in [4.78, 5) is 14.5. The van der Waals surface area contributed by atoms with Gasteiger partial charge in [-0.05, 0) is 110 Å². The Morgan fingerprint density at radius 2 is 0.922 bits per heavy atom. The van der Waals surface area contributed by atoms with Gasteiger partial charge in [-0.2, -0.15) is 0 Å². The van der Waals surface area contributed by atoms with Gasteiger partial charge in [0.1, 0.15) is 5.78 Å². The van der Waals surface area contributed by atoms with Crippen LogP contribution in [-0.4, -0.2) is 49.3 Å². The average Bonchev–Trinajstić information content (AvgIpc) is 3.62. The fourth-order valence-corrected chi connectivity index (χ4v) is 7.92. The number of ketones is 1. The van der Waals surface area contributed by atoms with Crippen LogP contribution in [0.2, 0.25) is 0 Å². The number of likely N-dealkylation sites (N-methyl/N-ethyl adjacent to an activating group) is 1. The van der Waals surface area contributed by atoms with E-state index in [9.17, 15) is 4.79 Å². The van der Waals surface area contributed by atoms with Gasteiger partial charge in [0.2, 0.25) is 0 Å². The molecule has 294 valence electrons. The molecule has 1 heterocycles. The maximum absolute atomic E-state index is 12.5. The van der Waals surface area contributed by atoms with Crippen molar-refractivity contribution in [2.75, 3.05) is 20.6 Å². The van der Waals surface area contributed by atoms with Crippen LogP contribution in [0.4, 0.5) is 0 Å². The third kappa shape index (κ3) is 23.7. The SMILES string of the molecule is CCCCC/C=C\C/C=C\CCCCCCCCC1(CCCCCCCC/C=C\C/C=C\CCCCC)OC2CC(CC(=O)CN(C)C)CC2O1. The first-order valence-corrected chi connectivity index (χ1v) is 22.1. The van der Waals surface area contributed by atoms with Crippen molar-refractivity contribution in [1.29, 1.82) is 0 Å². The summed E-state index contributed by atoms with van der Waals surface area (Å²) < 4.78 is 13.7. The van der Waals surface area contributed by atoms with Crippen molar-refractivity contribution in [3.05, 3.63) is 48.6 Å². The van der Waals surface area contributed by atoms with E-state index in [1.165, 1.54) is 141 Å². The number of fused-ring (bicyclic) bond motifs is 1. The Kier molecular flexibility index (Phi) is 27.7. The van der Waals surface area contributed by atoms with Crippen LogP contribution in [0.1, 0.15) is 200 Å². The number of rotatable bonds is 34. The summed E-state index contributed by atoms with van der Waals surface area (Å²) in [5, 5.41) is 0. The second-order valence-corrected chi connectivity index (χ2v) is 16.2. The molecule has 0 radical (unpaired) electrons. The Morgan fingerprint density at radius 3 is 1.31 bits per heavy atom. The molecule has 1 aliphatic carbocycles. The Hall–Kier alpha value is -1.49. The summed E-state index contributed by atoms with van der Waals surface area (Å²) >= 11 is 0. The van der Waals surface area contributed by atoms with Gasteiger partial charge in [-0.1, -0.05) is 140 Å². The zero-order valence-electron chi connectivity index (χ0n) is 34.2. The van der Waals surface area contributed by atoms with Crippen LogP contribution >= 0.6 is 0 Å². The van der Waals surface area contributed by atoms with Crippen LogP contribution in [0, 0.1) is 5.92 Å². The number of nitrogens with zero attached hydrogens (tertiary/aromatic N) is 1. The second kappa shape index (κ2) is 30.9. The number of carbonyl (C=O) groups excluding carboxylic acids is 1. The molecular weight excluding hydrogens is 627 g/mol. The van der Waals surface area contributed by atoms with Gasteiger partial charge in [0.25, 0.3) is 0 Å². The average molecular weight is 710 g/mol. The van der Waals surface area contributed by atoms with Gasteiger partial charge in [-0.3, -0.25) is 4.79 Å². The van der Waals surface area contributed by atoms with Crippen molar-refractivity contribution in [3.8, 4) is 0 Å². The smallest absolute Gasteiger partial charge is 0.169 e. The van der Waals surface area contributed by atoms with Gasteiger partial charge in [0, 0.05) is 19.3 Å². The number of hydrogen-bond acceptors (Lipinski definition) is 4. The normalized spacial score (nSPS) is 20.4. The number of carbonyl (C=O) groups is 1. The van der Waals surface area contributed by atoms with E-state index in [0.29, 0.717) is 24.7 Å². The zero-order chi connectivity index (χ0) is 36.7. The highest BCUT2D eigenvalue weighted by atomic mass is 16.8. The van der Waals surface area contributed by atoms with E-state index in [1.54, 1.807) is 0 Å². The van der Waals surface area contributed by atoms with Crippen molar-refractivity contribution in [2.24, 2.45) is 5.92 Å². The summed E-state index contributed by atoms with van der Waals surface area (Å²) in [5.41, 5.74) is 0. The molecule has 0 amide bonds. The number of ether oxygens (including phenoxy) is 2. The minimum Gasteiger partial charge on any atom is -0.344 e. The zero-order valence-corrected chi connectivity index (χ0v) is 34.2. The first-order valence-electron chi connectivity index (χ1n) is 22.1. The van der Waals surface area contributed by atoms with Crippen molar-refractivity contribution in [1.82, 2.24) is 4.90 Å². The molecule has 2 unspecified atom stereocenters. The van der Waals surface area contributed by atoms with Crippen molar-refractivity contribution < 1.29 is 14.3 Å². The molecule has 51 heavy (non-hydrogen) atoms. The summed E-state index contributed by atoms with van der Waals surface area (Å²) in [6.07, 6.45) is 54.4. The molecule has 0 spiro atoms. The lowest BCUT2D eigenvalue weighted by molar-refractivity contribution is -0.193. The van der Waals surface area contributed by atoms with E-state index < -0.39 is 5.79 Å². The minimum absolute atomic E-state index is 0.177. The van der Waals surface area contributed by atoms with Crippen LogP contribution in [-0.2, 0) is 14.3 Å². The highest BCUT2D eigenvalue weighted by Gasteiger charge is 2.51. The van der Waals surface area contributed by atoms with Crippen LogP contribution in [0.15, 0.2) is 48.6 Å². The third-order valence-corrected chi connectivity index (χ3v) is 10.8. The monoisotopic (exact) mass is 710 g/mol.